The Hall–Kier alpha value is -2.02. The van der Waals surface area contributed by atoms with Crippen LogP contribution in [0.1, 0.15) is 37.8 Å². The lowest BCUT2D eigenvalue weighted by atomic mass is 9.79. The number of halogens is 3. The molecule has 1 aromatic rings. The molecule has 0 radical (unpaired) electrons. The molecule has 4 nitrogen and oxygen atoms in total. The molecular weight excluding hydrogens is 371 g/mol. The molecule has 1 saturated heterocycles. The van der Waals surface area contributed by atoms with Crippen LogP contribution in [-0.4, -0.2) is 48.4 Å². The first-order chi connectivity index (χ1) is 13.1. The second-order valence-corrected chi connectivity index (χ2v) is 7.87. The van der Waals surface area contributed by atoms with Crippen LogP contribution in [0.5, 0.6) is 5.75 Å². The van der Waals surface area contributed by atoms with Gasteiger partial charge in [0.1, 0.15) is 5.75 Å². The molecule has 0 unspecified atom stereocenters. The number of aliphatic carboxylic acids is 1. The van der Waals surface area contributed by atoms with E-state index in [-0.39, 0.29) is 18.9 Å². The number of hydrogen-bond donors (Lipinski definition) is 1. The van der Waals surface area contributed by atoms with Crippen molar-refractivity contribution in [2.45, 2.75) is 39.3 Å². The maximum Gasteiger partial charge on any atom is 0.389 e. The highest BCUT2D eigenvalue weighted by molar-refractivity contribution is 5.74. The van der Waals surface area contributed by atoms with Crippen LogP contribution >= 0.6 is 0 Å². The summed E-state index contributed by atoms with van der Waals surface area (Å²) in [4.78, 5) is 13.1. The van der Waals surface area contributed by atoms with E-state index in [0.29, 0.717) is 24.8 Å². The molecule has 0 bridgehead atoms. The third kappa shape index (κ3) is 4.87. The molecule has 2 aliphatic rings. The van der Waals surface area contributed by atoms with Gasteiger partial charge in [0.15, 0.2) is 0 Å². The number of benzene rings is 1. The maximum absolute atomic E-state index is 12.2. The summed E-state index contributed by atoms with van der Waals surface area (Å²) in [6, 6.07) is 5.73. The largest absolute Gasteiger partial charge is 0.494 e. The Bertz CT molecular complexity index is 767. The molecule has 0 spiro atoms. The lowest BCUT2D eigenvalue weighted by Gasteiger charge is -2.39. The SMILES string of the molecule is CC1=C(CN2CC(C(=O)O)C2)[C@@H](C)Cc2cc(OCCCC(F)(F)F)ccc21. The summed E-state index contributed by atoms with van der Waals surface area (Å²) in [7, 11) is 0. The normalized spacial score (nSPS) is 20.7. The Morgan fingerprint density at radius 2 is 2.04 bits per heavy atom. The summed E-state index contributed by atoms with van der Waals surface area (Å²) in [5, 5.41) is 9.03. The number of ether oxygens (including phenoxy) is 1. The van der Waals surface area contributed by atoms with Crippen molar-refractivity contribution in [2.75, 3.05) is 26.2 Å². The van der Waals surface area contributed by atoms with Gasteiger partial charge in [0.05, 0.1) is 12.5 Å². The van der Waals surface area contributed by atoms with Gasteiger partial charge in [-0.3, -0.25) is 9.69 Å². The Labute approximate surface area is 163 Å². The molecule has 0 saturated carbocycles. The van der Waals surface area contributed by atoms with Gasteiger partial charge in [0.2, 0.25) is 0 Å². The number of allylic oxidation sites excluding steroid dienone is 1. The molecule has 3 rings (SSSR count). The van der Waals surface area contributed by atoms with Crippen LogP contribution in [0, 0.1) is 11.8 Å². The number of nitrogens with zero attached hydrogens (tertiary/aromatic N) is 1. The summed E-state index contributed by atoms with van der Waals surface area (Å²) in [5.74, 6) is -0.0517. The monoisotopic (exact) mass is 397 g/mol. The van der Waals surface area contributed by atoms with Crippen molar-refractivity contribution in [3.8, 4) is 5.75 Å². The van der Waals surface area contributed by atoms with E-state index in [4.69, 9.17) is 9.84 Å². The van der Waals surface area contributed by atoms with Crippen molar-refractivity contribution in [1.82, 2.24) is 4.90 Å². The molecule has 1 atom stereocenters. The molecule has 1 aromatic carbocycles. The fourth-order valence-electron chi connectivity index (χ4n) is 4.02. The topological polar surface area (TPSA) is 49.8 Å². The molecule has 1 aliphatic carbocycles. The highest BCUT2D eigenvalue weighted by Crippen LogP contribution is 2.37. The molecule has 0 amide bonds. The van der Waals surface area contributed by atoms with Crippen molar-refractivity contribution >= 4 is 11.5 Å². The molecule has 7 heteroatoms. The zero-order valence-corrected chi connectivity index (χ0v) is 16.2. The standard InChI is InChI=1S/C21H26F3NO3/c1-13-8-15-9-17(28-7-3-6-21(22,23)24)4-5-18(15)14(2)19(13)12-25-10-16(11-25)20(26)27/h4-5,9,13,16H,3,6-8,10-12H2,1-2H3,(H,26,27)/t13-/m0/s1. The van der Waals surface area contributed by atoms with E-state index in [1.807, 2.05) is 18.2 Å². The van der Waals surface area contributed by atoms with E-state index in [9.17, 15) is 18.0 Å². The first kappa shape index (κ1) is 20.7. The molecule has 0 aromatic heterocycles. The van der Waals surface area contributed by atoms with Crippen molar-refractivity contribution in [3.63, 3.8) is 0 Å². The van der Waals surface area contributed by atoms with Crippen LogP contribution in [0.25, 0.3) is 5.57 Å². The number of carboxylic acids is 1. The summed E-state index contributed by atoms with van der Waals surface area (Å²) >= 11 is 0. The lowest BCUT2D eigenvalue weighted by molar-refractivity contribution is -0.147. The summed E-state index contributed by atoms with van der Waals surface area (Å²) < 4.78 is 42.2. The van der Waals surface area contributed by atoms with E-state index < -0.39 is 18.6 Å². The average Bonchev–Trinajstić information content (AvgIpc) is 2.55. The highest BCUT2D eigenvalue weighted by atomic mass is 19.4. The molecule has 154 valence electrons. The van der Waals surface area contributed by atoms with Gasteiger partial charge in [-0.15, -0.1) is 0 Å². The van der Waals surface area contributed by atoms with Gasteiger partial charge in [-0.05, 0) is 60.1 Å². The lowest BCUT2D eigenvalue weighted by Crippen LogP contribution is -2.51. The van der Waals surface area contributed by atoms with E-state index in [2.05, 4.69) is 18.7 Å². The molecule has 1 N–H and O–H groups in total. The van der Waals surface area contributed by atoms with Crippen LogP contribution < -0.4 is 4.74 Å². The number of carbonyl (C=O) groups is 1. The van der Waals surface area contributed by atoms with Crippen LogP contribution in [0.3, 0.4) is 0 Å². The number of likely N-dealkylation sites (tertiary alicyclic amines) is 1. The first-order valence-electron chi connectivity index (χ1n) is 9.61. The predicted octanol–water partition coefficient (Wildman–Crippen LogP) is 4.39. The fraction of sp³-hybridized carbons (Fsp3) is 0.571. The van der Waals surface area contributed by atoms with Gasteiger partial charge >= 0.3 is 12.1 Å². The minimum Gasteiger partial charge on any atom is -0.494 e. The van der Waals surface area contributed by atoms with Gasteiger partial charge in [-0.25, -0.2) is 0 Å². The Morgan fingerprint density at radius 1 is 1.32 bits per heavy atom. The van der Waals surface area contributed by atoms with E-state index in [1.165, 1.54) is 11.1 Å². The minimum atomic E-state index is -4.14. The van der Waals surface area contributed by atoms with Gasteiger partial charge in [0, 0.05) is 26.1 Å². The van der Waals surface area contributed by atoms with Crippen molar-refractivity contribution in [1.29, 1.82) is 0 Å². The average molecular weight is 397 g/mol. The number of rotatable bonds is 7. The number of fused-ring (bicyclic) bond motifs is 1. The number of carboxylic acid groups (broad SMARTS) is 1. The van der Waals surface area contributed by atoms with Crippen molar-refractivity contribution < 1.29 is 27.8 Å². The van der Waals surface area contributed by atoms with Gasteiger partial charge in [-0.2, -0.15) is 13.2 Å². The fourth-order valence-corrected chi connectivity index (χ4v) is 4.02. The van der Waals surface area contributed by atoms with Gasteiger partial charge in [0.25, 0.3) is 0 Å². The van der Waals surface area contributed by atoms with Gasteiger partial charge < -0.3 is 9.84 Å². The van der Waals surface area contributed by atoms with Crippen LogP contribution in [0.15, 0.2) is 23.8 Å². The van der Waals surface area contributed by atoms with E-state index in [0.717, 1.165) is 24.1 Å². The highest BCUT2D eigenvalue weighted by Gasteiger charge is 2.34. The third-order valence-corrected chi connectivity index (χ3v) is 5.66. The molecular formula is C21H26F3NO3. The summed E-state index contributed by atoms with van der Waals surface area (Å²) in [6.45, 7) is 6.27. The van der Waals surface area contributed by atoms with Crippen molar-refractivity contribution in [2.24, 2.45) is 11.8 Å². The van der Waals surface area contributed by atoms with Crippen LogP contribution in [0.2, 0.25) is 0 Å². The molecule has 1 aliphatic heterocycles. The van der Waals surface area contributed by atoms with E-state index >= 15 is 0 Å². The Balaban J connectivity index is 1.63. The van der Waals surface area contributed by atoms with E-state index in [1.54, 1.807) is 0 Å². The second-order valence-electron chi connectivity index (χ2n) is 7.87. The summed E-state index contributed by atoms with van der Waals surface area (Å²) in [6.07, 6.45) is -4.18. The van der Waals surface area contributed by atoms with Crippen LogP contribution in [0.4, 0.5) is 13.2 Å². The zero-order chi connectivity index (χ0) is 20.5. The van der Waals surface area contributed by atoms with Crippen molar-refractivity contribution in [3.05, 3.63) is 34.9 Å². The third-order valence-electron chi connectivity index (χ3n) is 5.66. The number of alkyl halides is 3. The summed E-state index contributed by atoms with van der Waals surface area (Å²) in [5.41, 5.74) is 4.83. The minimum absolute atomic E-state index is 0.0484. The van der Waals surface area contributed by atoms with Gasteiger partial charge in [-0.1, -0.05) is 13.0 Å². The number of hydrogen-bond acceptors (Lipinski definition) is 3. The molecule has 28 heavy (non-hydrogen) atoms. The quantitative estimate of drug-likeness (QED) is 0.694. The second kappa shape index (κ2) is 8.15. The predicted molar refractivity (Wildman–Crippen MR) is 100 cm³/mol. The first-order valence-corrected chi connectivity index (χ1v) is 9.61. The van der Waals surface area contributed by atoms with Crippen LogP contribution in [-0.2, 0) is 11.2 Å². The zero-order valence-electron chi connectivity index (χ0n) is 16.2. The maximum atomic E-state index is 12.2. The Kier molecular flexibility index (Phi) is 6.03. The molecule has 1 fully saturated rings. The molecule has 1 heterocycles. The Morgan fingerprint density at radius 3 is 2.68 bits per heavy atom. The smallest absolute Gasteiger partial charge is 0.389 e.